The van der Waals surface area contributed by atoms with Crippen molar-refractivity contribution >= 4 is 6.21 Å². The molecule has 0 unspecified atom stereocenters. The van der Waals surface area contributed by atoms with E-state index in [1.807, 2.05) is 0 Å². The highest BCUT2D eigenvalue weighted by atomic mass is 19.4. The highest BCUT2D eigenvalue weighted by molar-refractivity contribution is 5.82. The fraction of sp³-hybridized carbons (Fsp3) is 0.364. The number of alkyl halides is 3. The smallest absolute Gasteiger partial charge is 0.422 e. The van der Waals surface area contributed by atoms with Gasteiger partial charge in [-0.25, -0.2) is 0 Å². The zero-order valence-electron chi connectivity index (χ0n) is 9.58. The molecule has 0 spiro atoms. The highest BCUT2D eigenvalue weighted by Gasteiger charge is 2.29. The minimum atomic E-state index is -4.43. The second-order valence-electron chi connectivity index (χ2n) is 3.27. The van der Waals surface area contributed by atoms with Crippen LogP contribution in [0.1, 0.15) is 5.56 Å². The first-order chi connectivity index (χ1) is 8.48. The number of rotatable bonds is 6. The van der Waals surface area contributed by atoms with Crippen molar-refractivity contribution in [3.05, 3.63) is 23.8 Å². The lowest BCUT2D eigenvalue weighted by atomic mass is 10.2. The summed E-state index contributed by atoms with van der Waals surface area (Å²) in [5.74, 6) is -0.0241. The first-order valence-electron chi connectivity index (χ1n) is 4.92. The van der Waals surface area contributed by atoms with Crippen molar-refractivity contribution in [1.29, 1.82) is 5.41 Å². The Kier molecular flexibility index (Phi) is 4.96. The van der Waals surface area contributed by atoms with Gasteiger partial charge >= 0.3 is 6.18 Å². The SMILES string of the molecule is COCOc1c(C=N)cccc1OCC(F)(F)F. The maximum atomic E-state index is 12.1. The number of benzene rings is 1. The molecule has 0 radical (unpaired) electrons. The van der Waals surface area contributed by atoms with Gasteiger partial charge in [-0.2, -0.15) is 13.2 Å². The maximum Gasteiger partial charge on any atom is 0.422 e. The first kappa shape index (κ1) is 14.3. The second kappa shape index (κ2) is 6.25. The minimum Gasteiger partial charge on any atom is -0.480 e. The summed E-state index contributed by atoms with van der Waals surface area (Å²) in [5.41, 5.74) is 0.312. The predicted molar refractivity (Wildman–Crippen MR) is 58.4 cm³/mol. The van der Waals surface area contributed by atoms with Crippen LogP contribution in [0.3, 0.4) is 0 Å². The molecule has 7 heteroatoms. The molecule has 1 aromatic rings. The van der Waals surface area contributed by atoms with Crippen molar-refractivity contribution in [1.82, 2.24) is 0 Å². The summed E-state index contributed by atoms with van der Waals surface area (Å²) >= 11 is 0. The molecule has 0 aliphatic rings. The average Bonchev–Trinajstić information content (AvgIpc) is 2.33. The molecule has 18 heavy (non-hydrogen) atoms. The van der Waals surface area contributed by atoms with Crippen molar-refractivity contribution in [3.8, 4) is 11.5 Å². The number of ether oxygens (including phenoxy) is 3. The molecular formula is C11H12F3NO3. The van der Waals surface area contributed by atoms with E-state index in [0.29, 0.717) is 5.56 Å². The van der Waals surface area contributed by atoms with Crippen LogP contribution in [-0.4, -0.2) is 32.9 Å². The van der Waals surface area contributed by atoms with Crippen LogP contribution in [0, 0.1) is 5.41 Å². The summed E-state index contributed by atoms with van der Waals surface area (Å²) in [6, 6.07) is 4.34. The van der Waals surface area contributed by atoms with Gasteiger partial charge in [0.1, 0.15) is 0 Å². The molecule has 0 heterocycles. The maximum absolute atomic E-state index is 12.1. The van der Waals surface area contributed by atoms with Gasteiger partial charge < -0.3 is 19.6 Å². The van der Waals surface area contributed by atoms with E-state index in [9.17, 15) is 13.2 Å². The molecule has 0 aliphatic heterocycles. The molecule has 0 fully saturated rings. The Hall–Kier alpha value is -1.76. The van der Waals surface area contributed by atoms with Gasteiger partial charge in [0.25, 0.3) is 0 Å². The van der Waals surface area contributed by atoms with Crippen LogP contribution in [0.5, 0.6) is 11.5 Å². The Bertz CT molecular complexity index is 407. The Morgan fingerprint density at radius 2 is 2.00 bits per heavy atom. The number of nitrogens with one attached hydrogen (secondary N) is 1. The number of halogens is 3. The Balaban J connectivity index is 2.91. The minimum absolute atomic E-state index is 0.0543. The molecule has 0 aromatic heterocycles. The third kappa shape index (κ3) is 4.25. The second-order valence-corrected chi connectivity index (χ2v) is 3.27. The van der Waals surface area contributed by atoms with Crippen LogP contribution < -0.4 is 9.47 Å². The fourth-order valence-corrected chi connectivity index (χ4v) is 1.19. The molecule has 100 valence electrons. The molecule has 0 amide bonds. The molecule has 1 aromatic carbocycles. The monoisotopic (exact) mass is 263 g/mol. The van der Waals surface area contributed by atoms with E-state index >= 15 is 0 Å². The molecule has 1 N–H and O–H groups in total. The Morgan fingerprint density at radius 1 is 1.28 bits per heavy atom. The number of methoxy groups -OCH3 is 1. The van der Waals surface area contributed by atoms with E-state index in [0.717, 1.165) is 6.21 Å². The fourth-order valence-electron chi connectivity index (χ4n) is 1.19. The zero-order valence-corrected chi connectivity index (χ0v) is 9.58. The van der Waals surface area contributed by atoms with E-state index in [1.165, 1.54) is 25.3 Å². The van der Waals surface area contributed by atoms with Crippen LogP contribution in [0.25, 0.3) is 0 Å². The van der Waals surface area contributed by atoms with Crippen molar-refractivity contribution in [2.24, 2.45) is 0 Å². The Morgan fingerprint density at radius 3 is 2.56 bits per heavy atom. The molecule has 0 atom stereocenters. The van der Waals surface area contributed by atoms with Gasteiger partial charge in [0.15, 0.2) is 24.9 Å². The van der Waals surface area contributed by atoms with E-state index in [-0.39, 0.29) is 18.3 Å². The van der Waals surface area contributed by atoms with Crippen LogP contribution in [0.15, 0.2) is 18.2 Å². The highest BCUT2D eigenvalue weighted by Crippen LogP contribution is 2.31. The Labute approximate surface area is 102 Å². The van der Waals surface area contributed by atoms with Crippen LogP contribution in [-0.2, 0) is 4.74 Å². The van der Waals surface area contributed by atoms with Crippen LogP contribution in [0.2, 0.25) is 0 Å². The quantitative estimate of drug-likeness (QED) is 0.634. The van der Waals surface area contributed by atoms with E-state index in [1.54, 1.807) is 0 Å². The molecule has 0 saturated carbocycles. The van der Waals surface area contributed by atoms with Crippen molar-refractivity contribution in [2.45, 2.75) is 6.18 Å². The molecule has 0 bridgehead atoms. The standard InChI is InChI=1S/C11H12F3NO3/c1-16-7-18-10-8(5-15)3-2-4-9(10)17-6-11(12,13)14/h2-5,15H,6-7H2,1H3. The summed E-state index contributed by atoms with van der Waals surface area (Å²) in [6.45, 7) is -1.56. The summed E-state index contributed by atoms with van der Waals surface area (Å²) in [6.07, 6.45) is -3.47. The van der Waals surface area contributed by atoms with E-state index in [2.05, 4.69) is 9.47 Å². The average molecular weight is 263 g/mol. The van der Waals surface area contributed by atoms with Gasteiger partial charge in [-0.3, -0.25) is 0 Å². The molecular weight excluding hydrogens is 251 g/mol. The zero-order chi connectivity index (χ0) is 13.6. The topological polar surface area (TPSA) is 51.5 Å². The summed E-state index contributed by atoms with van der Waals surface area (Å²) < 4.78 is 50.6. The molecule has 1 rings (SSSR count). The predicted octanol–water partition coefficient (Wildman–Crippen LogP) is 2.61. The van der Waals surface area contributed by atoms with Crippen molar-refractivity contribution in [3.63, 3.8) is 0 Å². The lowest BCUT2D eigenvalue weighted by Gasteiger charge is -2.15. The van der Waals surface area contributed by atoms with E-state index in [4.69, 9.17) is 10.1 Å². The van der Waals surface area contributed by atoms with E-state index < -0.39 is 12.8 Å². The van der Waals surface area contributed by atoms with Crippen molar-refractivity contribution < 1.29 is 27.4 Å². The van der Waals surface area contributed by atoms with Gasteiger partial charge in [0, 0.05) is 18.9 Å². The normalized spacial score (nSPS) is 11.1. The van der Waals surface area contributed by atoms with Gasteiger partial charge in [-0.15, -0.1) is 0 Å². The van der Waals surface area contributed by atoms with Gasteiger partial charge in [-0.05, 0) is 12.1 Å². The van der Waals surface area contributed by atoms with Crippen LogP contribution >= 0.6 is 0 Å². The first-order valence-corrected chi connectivity index (χ1v) is 4.92. The third-order valence-electron chi connectivity index (χ3n) is 1.88. The molecule has 0 aliphatic carbocycles. The largest absolute Gasteiger partial charge is 0.480 e. The summed E-state index contributed by atoms with van der Waals surface area (Å²) in [5, 5.41) is 7.15. The van der Waals surface area contributed by atoms with Crippen LogP contribution in [0.4, 0.5) is 13.2 Å². The lowest BCUT2D eigenvalue weighted by molar-refractivity contribution is -0.153. The van der Waals surface area contributed by atoms with Gasteiger partial charge in [0.05, 0.1) is 0 Å². The molecule has 4 nitrogen and oxygen atoms in total. The summed E-state index contributed by atoms with van der Waals surface area (Å²) in [4.78, 5) is 0. The summed E-state index contributed by atoms with van der Waals surface area (Å²) in [7, 11) is 1.38. The number of para-hydroxylation sites is 1. The van der Waals surface area contributed by atoms with Gasteiger partial charge in [0.2, 0.25) is 0 Å². The number of hydrogen-bond acceptors (Lipinski definition) is 4. The third-order valence-corrected chi connectivity index (χ3v) is 1.88. The number of hydrogen-bond donors (Lipinski definition) is 1. The van der Waals surface area contributed by atoms with Gasteiger partial charge in [-0.1, -0.05) is 6.07 Å². The molecule has 0 saturated heterocycles. The lowest BCUT2D eigenvalue weighted by Crippen LogP contribution is -2.19. The van der Waals surface area contributed by atoms with Crippen molar-refractivity contribution in [2.75, 3.05) is 20.5 Å².